The molecule has 0 heterocycles. The molecule has 0 radical (unpaired) electrons. The van der Waals surface area contributed by atoms with Crippen molar-refractivity contribution < 1.29 is 14.6 Å². The maximum atomic E-state index is 11.8. The Balaban J connectivity index is 2.39. The molecule has 1 aliphatic carbocycles. The van der Waals surface area contributed by atoms with Crippen LogP contribution in [0.5, 0.6) is 0 Å². The molecule has 1 aliphatic rings. The third kappa shape index (κ3) is 6.57. The van der Waals surface area contributed by atoms with Gasteiger partial charge in [-0.05, 0) is 52.9 Å². The lowest BCUT2D eigenvalue weighted by atomic mass is 9.90. The number of aliphatic hydroxyl groups excluding tert-OH is 1. The van der Waals surface area contributed by atoms with Crippen LogP contribution in [0.15, 0.2) is 0 Å². The minimum absolute atomic E-state index is 0.153. The molecule has 1 amide bonds. The Labute approximate surface area is 122 Å². The number of carbonyl (C=O) groups excluding carboxylic acids is 1. The predicted molar refractivity (Wildman–Crippen MR) is 79.7 cm³/mol. The molecule has 5 nitrogen and oxygen atoms in total. The van der Waals surface area contributed by atoms with E-state index in [-0.39, 0.29) is 24.8 Å². The molecule has 3 N–H and O–H groups in total. The Bertz CT molecular complexity index is 298. The van der Waals surface area contributed by atoms with Gasteiger partial charge in [-0.3, -0.25) is 0 Å². The summed E-state index contributed by atoms with van der Waals surface area (Å²) in [5.41, 5.74) is -0.458. The number of carbonyl (C=O) groups is 1. The quantitative estimate of drug-likeness (QED) is 0.724. The van der Waals surface area contributed by atoms with Crippen LogP contribution in [0.25, 0.3) is 0 Å². The molecule has 2 unspecified atom stereocenters. The Kier molecular flexibility index (Phi) is 6.76. The summed E-state index contributed by atoms with van der Waals surface area (Å²) in [6.07, 6.45) is 4.65. The van der Waals surface area contributed by atoms with Crippen LogP contribution < -0.4 is 10.6 Å². The van der Waals surface area contributed by atoms with Crippen molar-refractivity contribution in [3.8, 4) is 0 Å². The van der Waals surface area contributed by atoms with E-state index in [0.29, 0.717) is 6.04 Å². The lowest BCUT2D eigenvalue weighted by molar-refractivity contribution is 0.0487. The highest BCUT2D eigenvalue weighted by Crippen LogP contribution is 2.20. The molecular formula is C15H30N2O3. The summed E-state index contributed by atoms with van der Waals surface area (Å²) in [4.78, 5) is 11.8. The molecule has 1 rings (SSSR count). The Morgan fingerprint density at radius 3 is 2.55 bits per heavy atom. The summed E-state index contributed by atoms with van der Waals surface area (Å²) in [6.45, 7) is 7.82. The number of rotatable bonds is 5. The van der Waals surface area contributed by atoms with Crippen molar-refractivity contribution in [3.05, 3.63) is 0 Å². The van der Waals surface area contributed by atoms with Gasteiger partial charge in [0.15, 0.2) is 0 Å². The van der Waals surface area contributed by atoms with Gasteiger partial charge in [-0.15, -0.1) is 0 Å². The molecular weight excluding hydrogens is 256 g/mol. The molecule has 20 heavy (non-hydrogen) atoms. The van der Waals surface area contributed by atoms with Crippen molar-refractivity contribution >= 4 is 6.09 Å². The predicted octanol–water partition coefficient (Wildman–Crippen LogP) is 2.18. The fraction of sp³-hybridized carbons (Fsp3) is 0.933. The van der Waals surface area contributed by atoms with Gasteiger partial charge >= 0.3 is 6.09 Å². The zero-order valence-electron chi connectivity index (χ0n) is 13.2. The van der Waals surface area contributed by atoms with Crippen LogP contribution in [0.4, 0.5) is 4.79 Å². The van der Waals surface area contributed by atoms with Crippen molar-refractivity contribution in [3.63, 3.8) is 0 Å². The topological polar surface area (TPSA) is 70.6 Å². The second-order valence-corrected chi connectivity index (χ2v) is 6.66. The maximum Gasteiger partial charge on any atom is 0.407 e. The van der Waals surface area contributed by atoms with E-state index in [2.05, 4.69) is 17.6 Å². The lowest BCUT2D eigenvalue weighted by Crippen LogP contribution is -2.48. The van der Waals surface area contributed by atoms with Gasteiger partial charge in [0.05, 0.1) is 6.61 Å². The van der Waals surface area contributed by atoms with E-state index < -0.39 is 5.60 Å². The van der Waals surface area contributed by atoms with Crippen LogP contribution in [-0.4, -0.2) is 41.5 Å². The van der Waals surface area contributed by atoms with E-state index in [9.17, 15) is 9.90 Å². The Morgan fingerprint density at radius 2 is 2.00 bits per heavy atom. The summed E-state index contributed by atoms with van der Waals surface area (Å²) < 4.78 is 5.29. The van der Waals surface area contributed by atoms with Crippen LogP contribution in [0.2, 0.25) is 0 Å². The fourth-order valence-electron chi connectivity index (χ4n) is 2.58. The minimum atomic E-state index is -0.458. The zero-order valence-corrected chi connectivity index (χ0v) is 13.2. The SMILES string of the molecule is CC[C@H](CO)NC1CCCC(NC(=O)OC(C)(C)C)C1. The third-order valence-electron chi connectivity index (χ3n) is 3.58. The molecule has 0 aliphatic heterocycles. The zero-order chi connectivity index (χ0) is 15.2. The minimum Gasteiger partial charge on any atom is -0.444 e. The van der Waals surface area contributed by atoms with Gasteiger partial charge in [-0.25, -0.2) is 4.79 Å². The second kappa shape index (κ2) is 7.84. The largest absolute Gasteiger partial charge is 0.444 e. The van der Waals surface area contributed by atoms with E-state index in [0.717, 1.165) is 32.1 Å². The van der Waals surface area contributed by atoms with E-state index in [1.54, 1.807) is 0 Å². The van der Waals surface area contributed by atoms with Crippen LogP contribution in [0, 0.1) is 0 Å². The fourth-order valence-corrected chi connectivity index (χ4v) is 2.58. The maximum absolute atomic E-state index is 11.8. The van der Waals surface area contributed by atoms with Gasteiger partial charge in [0.25, 0.3) is 0 Å². The number of alkyl carbamates (subject to hydrolysis) is 1. The first-order chi connectivity index (χ1) is 9.34. The number of hydrogen-bond donors (Lipinski definition) is 3. The smallest absolute Gasteiger partial charge is 0.407 e. The van der Waals surface area contributed by atoms with E-state index in [1.165, 1.54) is 0 Å². The Hall–Kier alpha value is -0.810. The van der Waals surface area contributed by atoms with Gasteiger partial charge in [0.2, 0.25) is 0 Å². The normalized spacial score (nSPS) is 25.1. The molecule has 0 saturated heterocycles. The molecule has 0 aromatic heterocycles. The van der Waals surface area contributed by atoms with Gasteiger partial charge in [0.1, 0.15) is 5.60 Å². The van der Waals surface area contributed by atoms with E-state index in [1.807, 2.05) is 20.8 Å². The summed E-state index contributed by atoms with van der Waals surface area (Å²) in [6, 6.07) is 0.674. The average molecular weight is 286 g/mol. The summed E-state index contributed by atoms with van der Waals surface area (Å²) >= 11 is 0. The highest BCUT2D eigenvalue weighted by Gasteiger charge is 2.26. The number of ether oxygens (including phenoxy) is 1. The van der Waals surface area contributed by atoms with Crippen molar-refractivity contribution in [1.29, 1.82) is 0 Å². The highest BCUT2D eigenvalue weighted by molar-refractivity contribution is 5.68. The molecule has 1 fully saturated rings. The molecule has 3 atom stereocenters. The number of aliphatic hydroxyl groups is 1. The van der Waals surface area contributed by atoms with E-state index >= 15 is 0 Å². The first kappa shape index (κ1) is 17.2. The standard InChI is InChI=1S/C15H30N2O3/c1-5-11(10-18)16-12-7-6-8-13(9-12)17-14(19)20-15(2,3)4/h11-13,16,18H,5-10H2,1-4H3,(H,17,19)/t11-,12?,13?/m1/s1. The molecule has 0 spiro atoms. The van der Waals surface area contributed by atoms with E-state index in [4.69, 9.17) is 4.74 Å². The molecule has 5 heteroatoms. The first-order valence-electron chi connectivity index (χ1n) is 7.70. The van der Waals surface area contributed by atoms with Gasteiger partial charge in [0, 0.05) is 18.1 Å². The third-order valence-corrected chi connectivity index (χ3v) is 3.58. The summed E-state index contributed by atoms with van der Waals surface area (Å²) in [7, 11) is 0. The molecule has 0 aromatic carbocycles. The molecule has 1 saturated carbocycles. The van der Waals surface area contributed by atoms with Crippen LogP contribution in [0.3, 0.4) is 0 Å². The molecule has 0 aromatic rings. The van der Waals surface area contributed by atoms with Crippen LogP contribution >= 0.6 is 0 Å². The number of nitrogens with one attached hydrogen (secondary N) is 2. The van der Waals surface area contributed by atoms with Crippen LogP contribution in [-0.2, 0) is 4.74 Å². The van der Waals surface area contributed by atoms with Gasteiger partial charge in [-0.1, -0.05) is 6.92 Å². The lowest BCUT2D eigenvalue weighted by Gasteiger charge is -2.33. The summed E-state index contributed by atoms with van der Waals surface area (Å²) in [5.74, 6) is 0. The van der Waals surface area contributed by atoms with Crippen molar-refractivity contribution in [2.45, 2.75) is 83.5 Å². The van der Waals surface area contributed by atoms with Crippen LogP contribution in [0.1, 0.15) is 59.8 Å². The second-order valence-electron chi connectivity index (χ2n) is 6.66. The van der Waals surface area contributed by atoms with Crippen molar-refractivity contribution in [2.24, 2.45) is 0 Å². The first-order valence-corrected chi connectivity index (χ1v) is 7.70. The average Bonchev–Trinajstić information content (AvgIpc) is 2.34. The summed E-state index contributed by atoms with van der Waals surface area (Å²) in [5, 5.41) is 15.7. The van der Waals surface area contributed by atoms with Crippen molar-refractivity contribution in [2.75, 3.05) is 6.61 Å². The van der Waals surface area contributed by atoms with Gasteiger partial charge < -0.3 is 20.5 Å². The monoisotopic (exact) mass is 286 g/mol. The number of hydrogen-bond acceptors (Lipinski definition) is 4. The van der Waals surface area contributed by atoms with Crippen molar-refractivity contribution in [1.82, 2.24) is 10.6 Å². The Morgan fingerprint density at radius 1 is 1.35 bits per heavy atom. The highest BCUT2D eigenvalue weighted by atomic mass is 16.6. The number of amides is 1. The molecule has 0 bridgehead atoms. The molecule has 118 valence electrons. The van der Waals surface area contributed by atoms with Gasteiger partial charge in [-0.2, -0.15) is 0 Å².